The quantitative estimate of drug-likeness (QED) is 0.647. The molecule has 0 amide bonds. The first-order valence-electron chi connectivity index (χ1n) is 6.79. The van der Waals surface area contributed by atoms with E-state index in [0.717, 1.165) is 12.1 Å². The summed E-state index contributed by atoms with van der Waals surface area (Å²) in [4.78, 5) is 15.6. The van der Waals surface area contributed by atoms with Gasteiger partial charge in [-0.05, 0) is 30.3 Å². The van der Waals surface area contributed by atoms with Crippen molar-refractivity contribution in [3.63, 3.8) is 0 Å². The molecule has 2 aromatic heterocycles. The number of carbonyl (C=O) groups excluding carboxylic acids is 1. The van der Waals surface area contributed by atoms with Crippen LogP contribution in [0.2, 0.25) is 0 Å². The molecule has 7 nitrogen and oxygen atoms in total. The van der Waals surface area contributed by atoms with Crippen LogP contribution in [-0.4, -0.2) is 22.5 Å². The van der Waals surface area contributed by atoms with E-state index in [4.69, 9.17) is 13.7 Å². The molecule has 0 aliphatic heterocycles. The third-order valence-electron chi connectivity index (χ3n) is 2.90. The van der Waals surface area contributed by atoms with Gasteiger partial charge in [-0.3, -0.25) is 0 Å². The van der Waals surface area contributed by atoms with Crippen molar-refractivity contribution in [3.05, 3.63) is 54.3 Å². The number of hydrogen-bond acceptors (Lipinski definition) is 7. The van der Waals surface area contributed by atoms with E-state index in [2.05, 4.69) is 14.9 Å². The van der Waals surface area contributed by atoms with Crippen LogP contribution in [0.25, 0.3) is 11.4 Å². The van der Waals surface area contributed by atoms with E-state index >= 15 is 0 Å². The van der Waals surface area contributed by atoms with Crippen LogP contribution in [0.3, 0.4) is 0 Å². The number of ether oxygens (including phenoxy) is 2. The summed E-state index contributed by atoms with van der Waals surface area (Å²) in [6.45, 7) is -0.258. The van der Waals surface area contributed by atoms with Gasteiger partial charge in [0.05, 0.1) is 11.8 Å². The van der Waals surface area contributed by atoms with Gasteiger partial charge in [-0.1, -0.05) is 5.16 Å². The molecule has 3 rings (SSSR count). The van der Waals surface area contributed by atoms with Crippen molar-refractivity contribution in [1.82, 2.24) is 10.1 Å². The van der Waals surface area contributed by atoms with Gasteiger partial charge in [-0.15, -0.1) is 13.2 Å². The monoisotopic (exact) mass is 354 g/mol. The fraction of sp³-hybridized carbons (Fsp3) is 0.133. The highest BCUT2D eigenvalue weighted by Gasteiger charge is 2.31. The van der Waals surface area contributed by atoms with Crippen LogP contribution >= 0.6 is 0 Å². The molecule has 0 saturated carbocycles. The fourth-order valence-corrected chi connectivity index (χ4v) is 1.83. The molecule has 0 aliphatic rings. The van der Waals surface area contributed by atoms with Gasteiger partial charge in [-0.2, -0.15) is 4.98 Å². The zero-order chi connectivity index (χ0) is 17.9. The second-order valence-electron chi connectivity index (χ2n) is 4.67. The number of halogens is 3. The molecule has 25 heavy (non-hydrogen) atoms. The first-order chi connectivity index (χ1) is 11.9. The largest absolute Gasteiger partial charge is 0.573 e. The van der Waals surface area contributed by atoms with Gasteiger partial charge >= 0.3 is 12.3 Å². The molecule has 0 unspecified atom stereocenters. The Bertz CT molecular complexity index is 841. The molecule has 0 fully saturated rings. The lowest BCUT2D eigenvalue weighted by atomic mass is 10.2. The summed E-state index contributed by atoms with van der Waals surface area (Å²) in [5, 5.41) is 3.67. The highest BCUT2D eigenvalue weighted by Crippen LogP contribution is 2.25. The van der Waals surface area contributed by atoms with Crippen LogP contribution in [-0.2, 0) is 11.3 Å². The van der Waals surface area contributed by atoms with E-state index in [-0.39, 0.29) is 29.6 Å². The maximum absolute atomic E-state index is 12.1. The van der Waals surface area contributed by atoms with Crippen molar-refractivity contribution in [2.75, 3.05) is 0 Å². The summed E-state index contributed by atoms with van der Waals surface area (Å²) >= 11 is 0. The van der Waals surface area contributed by atoms with E-state index in [1.807, 2.05) is 0 Å². The number of aromatic nitrogens is 2. The van der Waals surface area contributed by atoms with Gasteiger partial charge < -0.3 is 18.4 Å². The van der Waals surface area contributed by atoms with Gasteiger partial charge in [0.1, 0.15) is 12.0 Å². The van der Waals surface area contributed by atoms with Gasteiger partial charge in [-0.25, -0.2) is 4.79 Å². The Kier molecular flexibility index (Phi) is 4.42. The third kappa shape index (κ3) is 4.37. The lowest BCUT2D eigenvalue weighted by molar-refractivity contribution is -0.274. The Hall–Kier alpha value is -3.30. The molecule has 0 spiro atoms. The molecule has 0 radical (unpaired) electrons. The zero-order valence-corrected chi connectivity index (χ0v) is 12.3. The Morgan fingerprint density at radius 1 is 1.16 bits per heavy atom. The summed E-state index contributed by atoms with van der Waals surface area (Å²) in [5.41, 5.74) is 0.644. The van der Waals surface area contributed by atoms with E-state index in [0.29, 0.717) is 5.56 Å². The molecule has 0 atom stereocenters. The fourth-order valence-electron chi connectivity index (χ4n) is 1.83. The van der Waals surface area contributed by atoms with Gasteiger partial charge in [0.25, 0.3) is 5.89 Å². The minimum Gasteiger partial charge on any atom is -0.472 e. The number of benzene rings is 1. The lowest BCUT2D eigenvalue weighted by Gasteiger charge is -2.08. The summed E-state index contributed by atoms with van der Waals surface area (Å²) in [7, 11) is 0. The maximum Gasteiger partial charge on any atom is 0.573 e. The van der Waals surface area contributed by atoms with Gasteiger partial charge in [0.2, 0.25) is 5.82 Å². The molecule has 130 valence electrons. The standard InChI is InChI=1S/C15H9F3N2O5/c16-15(17,18)24-11-3-1-9(2-4-11)13-19-12(25-20-13)8-23-14(21)10-5-6-22-7-10/h1-7H,8H2. The average molecular weight is 354 g/mol. The first-order valence-corrected chi connectivity index (χ1v) is 6.79. The third-order valence-corrected chi connectivity index (χ3v) is 2.90. The van der Waals surface area contributed by atoms with Crippen molar-refractivity contribution in [3.8, 4) is 17.1 Å². The number of alkyl halides is 3. The molecule has 0 saturated heterocycles. The van der Waals surface area contributed by atoms with E-state index < -0.39 is 12.3 Å². The zero-order valence-electron chi connectivity index (χ0n) is 12.3. The van der Waals surface area contributed by atoms with Crippen molar-refractivity contribution in [2.24, 2.45) is 0 Å². The number of esters is 1. The second-order valence-corrected chi connectivity index (χ2v) is 4.67. The number of rotatable bonds is 5. The van der Waals surface area contributed by atoms with Crippen molar-refractivity contribution >= 4 is 5.97 Å². The summed E-state index contributed by atoms with van der Waals surface area (Å²) < 4.78 is 54.7. The van der Waals surface area contributed by atoms with Crippen LogP contribution in [0.15, 0.2) is 51.8 Å². The SMILES string of the molecule is O=C(OCc1nc(-c2ccc(OC(F)(F)F)cc2)no1)c1ccoc1. The topological polar surface area (TPSA) is 87.6 Å². The van der Waals surface area contributed by atoms with E-state index in [1.54, 1.807) is 0 Å². The highest BCUT2D eigenvalue weighted by molar-refractivity contribution is 5.88. The highest BCUT2D eigenvalue weighted by atomic mass is 19.4. The number of hydrogen-bond donors (Lipinski definition) is 0. The Labute approximate surface area is 138 Å². The van der Waals surface area contributed by atoms with Crippen LogP contribution in [0.1, 0.15) is 16.2 Å². The lowest BCUT2D eigenvalue weighted by Crippen LogP contribution is -2.16. The molecular formula is C15H9F3N2O5. The van der Waals surface area contributed by atoms with Crippen LogP contribution in [0.5, 0.6) is 5.75 Å². The number of nitrogens with zero attached hydrogens (tertiary/aromatic N) is 2. The molecule has 2 heterocycles. The molecular weight excluding hydrogens is 345 g/mol. The van der Waals surface area contributed by atoms with Crippen molar-refractivity contribution in [1.29, 1.82) is 0 Å². The van der Waals surface area contributed by atoms with Crippen molar-refractivity contribution < 1.29 is 36.4 Å². The Morgan fingerprint density at radius 2 is 1.92 bits per heavy atom. The van der Waals surface area contributed by atoms with Gasteiger partial charge in [0, 0.05) is 5.56 Å². The minimum atomic E-state index is -4.76. The van der Waals surface area contributed by atoms with E-state index in [9.17, 15) is 18.0 Å². The molecule has 0 N–H and O–H groups in total. The molecule has 10 heteroatoms. The predicted molar refractivity (Wildman–Crippen MR) is 74.2 cm³/mol. The minimum absolute atomic E-state index is 0.0301. The smallest absolute Gasteiger partial charge is 0.472 e. The number of carbonyl (C=O) groups is 1. The van der Waals surface area contributed by atoms with Crippen LogP contribution < -0.4 is 4.74 Å². The van der Waals surface area contributed by atoms with Crippen LogP contribution in [0, 0.1) is 0 Å². The second kappa shape index (κ2) is 6.67. The first kappa shape index (κ1) is 16.6. The normalized spacial score (nSPS) is 11.3. The Balaban J connectivity index is 1.62. The summed E-state index contributed by atoms with van der Waals surface area (Å²) in [5.74, 6) is -0.827. The van der Waals surface area contributed by atoms with Crippen LogP contribution in [0.4, 0.5) is 13.2 Å². The molecule has 0 aliphatic carbocycles. The molecule has 0 bridgehead atoms. The number of furan rings is 1. The molecule has 3 aromatic rings. The summed E-state index contributed by atoms with van der Waals surface area (Å²) in [6, 6.07) is 6.36. The van der Waals surface area contributed by atoms with Crippen molar-refractivity contribution in [2.45, 2.75) is 13.0 Å². The predicted octanol–water partition coefficient (Wildman–Crippen LogP) is 3.59. The van der Waals surface area contributed by atoms with E-state index in [1.165, 1.54) is 30.7 Å². The average Bonchev–Trinajstić information content (AvgIpc) is 3.24. The maximum atomic E-state index is 12.1. The van der Waals surface area contributed by atoms with Gasteiger partial charge in [0.15, 0.2) is 6.61 Å². The Morgan fingerprint density at radius 3 is 2.56 bits per heavy atom. The molecule has 1 aromatic carbocycles. The summed E-state index contributed by atoms with van der Waals surface area (Å²) in [6.07, 6.45) is -2.21.